The number of rotatable bonds is 5. The molecule has 17 heavy (non-hydrogen) atoms. The Morgan fingerprint density at radius 3 is 2.82 bits per heavy atom. The van der Waals surface area contributed by atoms with Gasteiger partial charge in [-0.05, 0) is 61.8 Å². The van der Waals surface area contributed by atoms with E-state index >= 15 is 0 Å². The highest BCUT2D eigenvalue weighted by Crippen LogP contribution is 2.50. The van der Waals surface area contributed by atoms with Gasteiger partial charge in [0.15, 0.2) is 0 Å². The molecule has 1 aromatic carbocycles. The molecule has 0 aliphatic heterocycles. The Kier molecular flexibility index (Phi) is 2.79. The Hall–Kier alpha value is -1.09. The second-order valence-corrected chi connectivity index (χ2v) is 5.27. The molecule has 0 heterocycles. The normalized spacial score (nSPS) is 26.9. The Morgan fingerprint density at radius 2 is 2.18 bits per heavy atom. The van der Waals surface area contributed by atoms with Crippen molar-refractivity contribution in [3.8, 4) is 5.75 Å². The van der Waals surface area contributed by atoms with Gasteiger partial charge in [0.1, 0.15) is 11.6 Å². The van der Waals surface area contributed by atoms with Gasteiger partial charge in [-0.1, -0.05) is 0 Å². The molecule has 3 heteroatoms. The van der Waals surface area contributed by atoms with Crippen LogP contribution in [0, 0.1) is 17.7 Å². The highest BCUT2D eigenvalue weighted by atomic mass is 19.1. The van der Waals surface area contributed by atoms with Gasteiger partial charge in [-0.15, -0.1) is 0 Å². The van der Waals surface area contributed by atoms with Gasteiger partial charge >= 0.3 is 0 Å². The van der Waals surface area contributed by atoms with Crippen LogP contribution in [0.5, 0.6) is 5.75 Å². The number of benzene rings is 1. The second kappa shape index (κ2) is 4.30. The minimum Gasteiger partial charge on any atom is -0.493 e. The van der Waals surface area contributed by atoms with Crippen LogP contribution in [0.3, 0.4) is 0 Å². The molecule has 0 bridgehead atoms. The summed E-state index contributed by atoms with van der Waals surface area (Å²) in [6, 6.07) is 4.85. The molecule has 2 nitrogen and oxygen atoms in total. The minimum absolute atomic E-state index is 0.179. The van der Waals surface area contributed by atoms with Crippen LogP contribution in [0.2, 0.25) is 0 Å². The Labute approximate surface area is 101 Å². The molecule has 2 atom stereocenters. The molecular weight excluding hydrogens is 217 g/mol. The van der Waals surface area contributed by atoms with E-state index in [9.17, 15) is 4.39 Å². The highest BCUT2D eigenvalue weighted by molar-refractivity contribution is 5.40. The molecule has 0 unspecified atom stereocenters. The third kappa shape index (κ3) is 2.44. The van der Waals surface area contributed by atoms with Crippen LogP contribution < -0.4 is 10.5 Å². The van der Waals surface area contributed by atoms with E-state index in [0.29, 0.717) is 18.4 Å². The lowest BCUT2D eigenvalue weighted by atomic mass is 10.1. The van der Waals surface area contributed by atoms with Crippen molar-refractivity contribution in [1.29, 1.82) is 0 Å². The molecule has 0 aromatic heterocycles. The molecule has 2 fully saturated rings. The fourth-order valence-electron chi connectivity index (χ4n) is 2.32. The third-order valence-electron chi connectivity index (χ3n) is 3.77. The minimum atomic E-state index is -0.179. The maximum absolute atomic E-state index is 13.3. The van der Waals surface area contributed by atoms with E-state index in [1.165, 1.54) is 18.9 Å². The molecule has 0 radical (unpaired) electrons. The monoisotopic (exact) mass is 235 g/mol. The van der Waals surface area contributed by atoms with Gasteiger partial charge < -0.3 is 10.5 Å². The van der Waals surface area contributed by atoms with Crippen molar-refractivity contribution >= 4 is 0 Å². The molecule has 2 aliphatic carbocycles. The summed E-state index contributed by atoms with van der Waals surface area (Å²) in [5.41, 5.74) is 6.66. The number of halogens is 1. The molecule has 2 saturated carbocycles. The summed E-state index contributed by atoms with van der Waals surface area (Å²) in [4.78, 5) is 0. The van der Waals surface area contributed by atoms with Crippen LogP contribution in [-0.2, 0) is 0 Å². The predicted molar refractivity (Wildman–Crippen MR) is 64.5 cm³/mol. The molecule has 1 aromatic rings. The zero-order chi connectivity index (χ0) is 11.8. The zero-order valence-corrected chi connectivity index (χ0v) is 9.86. The van der Waals surface area contributed by atoms with E-state index in [2.05, 4.69) is 0 Å². The SMILES string of the molecule is NC[C@H]1C[C@@H]1c1cc(F)ccc1OCC1CC1. The summed E-state index contributed by atoms with van der Waals surface area (Å²) in [5, 5.41) is 0. The molecule has 2 N–H and O–H groups in total. The molecule has 2 aliphatic rings. The topological polar surface area (TPSA) is 35.2 Å². The van der Waals surface area contributed by atoms with Gasteiger partial charge in [-0.2, -0.15) is 0 Å². The Morgan fingerprint density at radius 1 is 1.35 bits per heavy atom. The fraction of sp³-hybridized carbons (Fsp3) is 0.571. The third-order valence-corrected chi connectivity index (χ3v) is 3.77. The van der Waals surface area contributed by atoms with Gasteiger partial charge in [0.2, 0.25) is 0 Å². The van der Waals surface area contributed by atoms with Crippen molar-refractivity contribution in [2.75, 3.05) is 13.2 Å². The standard InChI is InChI=1S/C14H18FNO/c15-11-3-4-14(17-8-9-1-2-9)13(6-11)12-5-10(12)7-16/h3-4,6,9-10,12H,1-2,5,7-8,16H2/t10-,12+/m1/s1. The maximum atomic E-state index is 13.3. The van der Waals surface area contributed by atoms with Crippen LogP contribution >= 0.6 is 0 Å². The number of nitrogens with two attached hydrogens (primary N) is 1. The zero-order valence-electron chi connectivity index (χ0n) is 9.86. The molecule has 3 rings (SSSR count). The summed E-state index contributed by atoms with van der Waals surface area (Å²) in [6.45, 7) is 1.46. The van der Waals surface area contributed by atoms with E-state index in [-0.39, 0.29) is 5.82 Å². The molecule has 0 spiro atoms. The van der Waals surface area contributed by atoms with Crippen molar-refractivity contribution in [1.82, 2.24) is 0 Å². The predicted octanol–water partition coefficient (Wildman–Crippen LogP) is 2.68. The van der Waals surface area contributed by atoms with Gasteiger partial charge in [0.05, 0.1) is 6.61 Å². The quantitative estimate of drug-likeness (QED) is 0.851. The van der Waals surface area contributed by atoms with Crippen molar-refractivity contribution in [2.45, 2.75) is 25.2 Å². The van der Waals surface area contributed by atoms with Gasteiger partial charge in [-0.25, -0.2) is 4.39 Å². The van der Waals surface area contributed by atoms with Crippen molar-refractivity contribution in [2.24, 2.45) is 17.6 Å². The largest absolute Gasteiger partial charge is 0.493 e. The second-order valence-electron chi connectivity index (χ2n) is 5.27. The van der Waals surface area contributed by atoms with Crippen LogP contribution in [0.15, 0.2) is 18.2 Å². The molecular formula is C14H18FNO. The van der Waals surface area contributed by atoms with Gasteiger partial charge in [0, 0.05) is 5.56 Å². The van der Waals surface area contributed by atoms with Crippen LogP contribution in [0.1, 0.15) is 30.7 Å². The molecule has 0 saturated heterocycles. The molecule has 0 amide bonds. The summed E-state index contributed by atoms with van der Waals surface area (Å²) in [7, 11) is 0. The van der Waals surface area contributed by atoms with Crippen molar-refractivity contribution in [3.05, 3.63) is 29.6 Å². The first-order chi connectivity index (χ1) is 8.28. The van der Waals surface area contributed by atoms with E-state index in [0.717, 1.165) is 30.3 Å². The lowest BCUT2D eigenvalue weighted by Crippen LogP contribution is -2.05. The molecule has 92 valence electrons. The average Bonchev–Trinajstić information content (AvgIpc) is 3.21. The average molecular weight is 235 g/mol. The summed E-state index contributed by atoms with van der Waals surface area (Å²) in [5.74, 6) is 2.32. The van der Waals surface area contributed by atoms with E-state index < -0.39 is 0 Å². The maximum Gasteiger partial charge on any atom is 0.123 e. The van der Waals surface area contributed by atoms with E-state index in [1.54, 1.807) is 12.1 Å². The smallest absolute Gasteiger partial charge is 0.123 e. The number of hydrogen-bond acceptors (Lipinski definition) is 2. The summed E-state index contributed by atoms with van der Waals surface area (Å²) >= 11 is 0. The highest BCUT2D eigenvalue weighted by Gasteiger charge is 2.39. The first-order valence-corrected chi connectivity index (χ1v) is 6.40. The van der Waals surface area contributed by atoms with Gasteiger partial charge in [0.25, 0.3) is 0 Å². The lowest BCUT2D eigenvalue weighted by molar-refractivity contribution is 0.296. The first-order valence-electron chi connectivity index (χ1n) is 6.40. The van der Waals surface area contributed by atoms with Crippen LogP contribution in [-0.4, -0.2) is 13.2 Å². The fourth-order valence-corrected chi connectivity index (χ4v) is 2.32. The number of hydrogen-bond donors (Lipinski definition) is 1. The first kappa shape index (κ1) is 11.0. The summed E-state index contributed by atoms with van der Waals surface area (Å²) in [6.07, 6.45) is 3.61. The van der Waals surface area contributed by atoms with E-state index in [4.69, 9.17) is 10.5 Å². The van der Waals surface area contributed by atoms with Gasteiger partial charge in [-0.3, -0.25) is 0 Å². The van der Waals surface area contributed by atoms with E-state index in [1.807, 2.05) is 0 Å². The summed E-state index contributed by atoms with van der Waals surface area (Å²) < 4.78 is 19.1. The Balaban J connectivity index is 1.75. The number of ether oxygens (including phenoxy) is 1. The van der Waals surface area contributed by atoms with Crippen LogP contribution in [0.4, 0.5) is 4.39 Å². The van der Waals surface area contributed by atoms with Crippen molar-refractivity contribution < 1.29 is 9.13 Å². The Bertz CT molecular complexity index is 417. The van der Waals surface area contributed by atoms with Crippen LogP contribution in [0.25, 0.3) is 0 Å². The van der Waals surface area contributed by atoms with Crippen molar-refractivity contribution in [3.63, 3.8) is 0 Å². The lowest BCUT2D eigenvalue weighted by Gasteiger charge is -2.11.